The van der Waals surface area contributed by atoms with Crippen LogP contribution in [0.15, 0.2) is 207 Å². The Balaban J connectivity index is 1.12. The van der Waals surface area contributed by atoms with Crippen LogP contribution in [0.3, 0.4) is 0 Å². The summed E-state index contributed by atoms with van der Waals surface area (Å²) in [5, 5.41) is 0. The average molecular weight is 689 g/mol. The van der Waals surface area contributed by atoms with Gasteiger partial charge in [0.15, 0.2) is 0 Å². The molecule has 2 aliphatic carbocycles. The Morgan fingerprint density at radius 3 is 1.24 bits per heavy atom. The summed E-state index contributed by atoms with van der Waals surface area (Å²) in [7, 11) is 0. The first-order valence-corrected chi connectivity index (χ1v) is 18.6. The lowest BCUT2D eigenvalue weighted by Gasteiger charge is -2.34. The third kappa shape index (κ3) is 5.60. The zero-order chi connectivity index (χ0) is 35.8. The van der Waals surface area contributed by atoms with Crippen LogP contribution in [0.2, 0.25) is 0 Å². The summed E-state index contributed by atoms with van der Waals surface area (Å²) in [6.45, 7) is 0. The normalized spacial score (nSPS) is 15.3. The van der Waals surface area contributed by atoms with E-state index in [1.165, 1.54) is 61.2 Å². The molecule has 6 aromatic carbocycles. The summed E-state index contributed by atoms with van der Waals surface area (Å²) in [5.41, 5.74) is 19.7. The Morgan fingerprint density at radius 2 is 0.685 bits per heavy atom. The van der Waals surface area contributed by atoms with Crippen molar-refractivity contribution in [1.29, 1.82) is 0 Å². The Labute approximate surface area is 316 Å². The van der Waals surface area contributed by atoms with E-state index in [9.17, 15) is 0 Å². The van der Waals surface area contributed by atoms with Gasteiger partial charge in [-0.2, -0.15) is 0 Å². The molecular weight excluding hydrogens is 653 g/mol. The Hall–Kier alpha value is -6.90. The second-order valence-corrected chi connectivity index (χ2v) is 14.1. The first-order chi connectivity index (χ1) is 26.8. The summed E-state index contributed by atoms with van der Waals surface area (Å²) < 4.78 is 0. The van der Waals surface area contributed by atoms with Gasteiger partial charge in [0, 0.05) is 36.6 Å². The van der Waals surface area contributed by atoms with Crippen molar-refractivity contribution in [2.45, 2.75) is 11.8 Å². The standard InChI is InChI=1S/C52H36N2/c1-3-13-43(41(11-1)37-21-22-51-49-19-8-7-17-47(49)48-18-9-10-20-50(48)52(51)34-37)45-15-5-6-16-46(45)44-14-4-2-12-42(44)40-32-38(35-23-27-53-28-24-35)31-39(33-40)36-25-29-54-30-26-36/h1-34,48,50H. The summed E-state index contributed by atoms with van der Waals surface area (Å²) in [5.74, 6) is 0.656. The third-order valence-electron chi connectivity index (χ3n) is 11.1. The SMILES string of the molecule is C1=CC2c3ccccc3-c3ccc(-c4ccccc4-c4ccccc4-c4ccccc4-c4cc(-c5ccncc5)cc(-c5ccncc5)c4)cc3C2C=C1. The summed E-state index contributed by atoms with van der Waals surface area (Å²) in [6, 6.07) is 57.8. The van der Waals surface area contributed by atoms with E-state index >= 15 is 0 Å². The maximum Gasteiger partial charge on any atom is 0.0273 e. The summed E-state index contributed by atoms with van der Waals surface area (Å²) in [6.07, 6.45) is 16.6. The highest BCUT2D eigenvalue weighted by atomic mass is 14.6. The molecule has 2 nitrogen and oxygen atoms in total. The van der Waals surface area contributed by atoms with Gasteiger partial charge in [0.25, 0.3) is 0 Å². The van der Waals surface area contributed by atoms with Crippen molar-refractivity contribution in [1.82, 2.24) is 9.97 Å². The number of nitrogens with zero attached hydrogens (tertiary/aromatic N) is 2. The van der Waals surface area contributed by atoms with Gasteiger partial charge in [-0.15, -0.1) is 0 Å². The van der Waals surface area contributed by atoms with Crippen LogP contribution in [0, 0.1) is 0 Å². The average Bonchev–Trinajstić information content (AvgIpc) is 3.27. The first-order valence-electron chi connectivity index (χ1n) is 18.6. The number of benzene rings is 6. The van der Waals surface area contributed by atoms with Crippen LogP contribution in [0.5, 0.6) is 0 Å². The lowest BCUT2D eigenvalue weighted by atomic mass is 9.69. The Bertz CT molecular complexity index is 2670. The minimum atomic E-state index is 0.311. The minimum Gasteiger partial charge on any atom is -0.265 e. The van der Waals surface area contributed by atoms with Gasteiger partial charge in [-0.05, 0) is 138 Å². The van der Waals surface area contributed by atoms with Crippen molar-refractivity contribution in [3.05, 3.63) is 218 Å². The van der Waals surface area contributed by atoms with Crippen LogP contribution in [0.25, 0.3) is 77.9 Å². The molecule has 0 saturated heterocycles. The van der Waals surface area contributed by atoms with Crippen molar-refractivity contribution >= 4 is 0 Å². The van der Waals surface area contributed by atoms with Gasteiger partial charge in [-0.25, -0.2) is 0 Å². The topological polar surface area (TPSA) is 25.8 Å². The molecule has 10 rings (SSSR count). The van der Waals surface area contributed by atoms with Crippen LogP contribution in [0.4, 0.5) is 0 Å². The molecule has 0 bridgehead atoms. The number of hydrogen-bond acceptors (Lipinski definition) is 2. The monoisotopic (exact) mass is 688 g/mol. The van der Waals surface area contributed by atoms with Crippen molar-refractivity contribution in [3.8, 4) is 77.9 Å². The highest BCUT2D eigenvalue weighted by Gasteiger charge is 2.32. The number of allylic oxidation sites excluding steroid dienone is 4. The lowest BCUT2D eigenvalue weighted by Crippen LogP contribution is -2.16. The zero-order valence-corrected chi connectivity index (χ0v) is 29.7. The van der Waals surface area contributed by atoms with E-state index in [0.717, 1.165) is 27.8 Å². The molecule has 8 aromatic rings. The molecule has 0 radical (unpaired) electrons. The van der Waals surface area contributed by atoms with E-state index in [1.54, 1.807) is 0 Å². The zero-order valence-electron chi connectivity index (χ0n) is 29.7. The molecular formula is C52H36N2. The van der Waals surface area contributed by atoms with Gasteiger partial charge in [-0.3, -0.25) is 9.97 Å². The van der Waals surface area contributed by atoms with E-state index in [1.807, 2.05) is 24.8 Å². The van der Waals surface area contributed by atoms with E-state index in [-0.39, 0.29) is 0 Å². The first kappa shape index (κ1) is 31.8. The number of rotatable bonds is 6. The van der Waals surface area contributed by atoms with Crippen LogP contribution in [0.1, 0.15) is 23.0 Å². The van der Waals surface area contributed by atoms with Crippen molar-refractivity contribution < 1.29 is 0 Å². The van der Waals surface area contributed by atoms with Crippen LogP contribution in [-0.2, 0) is 0 Å². The number of pyridine rings is 2. The van der Waals surface area contributed by atoms with E-state index in [2.05, 4.69) is 192 Å². The van der Waals surface area contributed by atoms with Crippen LogP contribution < -0.4 is 0 Å². The predicted molar refractivity (Wildman–Crippen MR) is 224 cm³/mol. The molecule has 54 heavy (non-hydrogen) atoms. The smallest absolute Gasteiger partial charge is 0.0273 e. The van der Waals surface area contributed by atoms with Gasteiger partial charge < -0.3 is 0 Å². The molecule has 0 aliphatic heterocycles. The lowest BCUT2D eigenvalue weighted by molar-refractivity contribution is 0.720. The van der Waals surface area contributed by atoms with E-state index in [0.29, 0.717) is 11.8 Å². The highest BCUT2D eigenvalue weighted by Crippen LogP contribution is 2.51. The fourth-order valence-corrected chi connectivity index (χ4v) is 8.58. The van der Waals surface area contributed by atoms with Crippen molar-refractivity contribution in [3.63, 3.8) is 0 Å². The fourth-order valence-electron chi connectivity index (χ4n) is 8.58. The second kappa shape index (κ2) is 13.6. The highest BCUT2D eigenvalue weighted by molar-refractivity contribution is 5.97. The molecule has 0 amide bonds. The molecule has 0 spiro atoms. The molecule has 0 fully saturated rings. The number of hydrogen-bond donors (Lipinski definition) is 0. The molecule has 2 heterocycles. The fraction of sp³-hybridized carbons (Fsp3) is 0.0385. The molecule has 254 valence electrons. The number of fused-ring (bicyclic) bond motifs is 6. The molecule has 2 unspecified atom stereocenters. The summed E-state index contributed by atoms with van der Waals surface area (Å²) in [4.78, 5) is 8.57. The predicted octanol–water partition coefficient (Wildman–Crippen LogP) is 13.5. The van der Waals surface area contributed by atoms with Gasteiger partial charge in [-0.1, -0.05) is 133 Å². The maximum absolute atomic E-state index is 4.29. The van der Waals surface area contributed by atoms with Gasteiger partial charge in [0.1, 0.15) is 0 Å². The van der Waals surface area contributed by atoms with E-state index < -0.39 is 0 Å². The third-order valence-corrected chi connectivity index (χ3v) is 11.1. The molecule has 0 N–H and O–H groups in total. The van der Waals surface area contributed by atoms with Crippen LogP contribution in [-0.4, -0.2) is 9.97 Å². The van der Waals surface area contributed by atoms with Crippen molar-refractivity contribution in [2.24, 2.45) is 0 Å². The summed E-state index contributed by atoms with van der Waals surface area (Å²) >= 11 is 0. The maximum atomic E-state index is 4.29. The number of aromatic nitrogens is 2. The molecule has 2 aromatic heterocycles. The molecule has 2 heteroatoms. The van der Waals surface area contributed by atoms with Gasteiger partial charge >= 0.3 is 0 Å². The molecule has 2 aliphatic rings. The van der Waals surface area contributed by atoms with Crippen molar-refractivity contribution in [2.75, 3.05) is 0 Å². The largest absolute Gasteiger partial charge is 0.265 e. The quantitative estimate of drug-likeness (QED) is 0.174. The minimum absolute atomic E-state index is 0.311. The second-order valence-electron chi connectivity index (χ2n) is 14.1. The molecule has 2 atom stereocenters. The van der Waals surface area contributed by atoms with Gasteiger partial charge in [0.2, 0.25) is 0 Å². The molecule has 0 saturated carbocycles. The van der Waals surface area contributed by atoms with E-state index in [4.69, 9.17) is 0 Å². The van der Waals surface area contributed by atoms with Crippen LogP contribution >= 0.6 is 0 Å². The Kier molecular flexibility index (Phi) is 8.00. The Morgan fingerprint density at radius 1 is 0.278 bits per heavy atom. The van der Waals surface area contributed by atoms with Gasteiger partial charge in [0.05, 0.1) is 0 Å².